The summed E-state index contributed by atoms with van der Waals surface area (Å²) in [6.45, 7) is 7.30. The fraction of sp³-hybridized carbons (Fsp3) is 0.414. The van der Waals surface area contributed by atoms with Crippen molar-refractivity contribution in [2.45, 2.75) is 57.8 Å². The molecule has 1 unspecified atom stereocenters. The predicted molar refractivity (Wildman–Crippen MR) is 158 cm³/mol. The van der Waals surface area contributed by atoms with Gasteiger partial charge in [0, 0.05) is 59.9 Å². The van der Waals surface area contributed by atoms with Crippen LogP contribution in [0.3, 0.4) is 0 Å². The van der Waals surface area contributed by atoms with Crippen LogP contribution in [0.15, 0.2) is 48.7 Å². The van der Waals surface area contributed by atoms with Crippen LogP contribution < -0.4 is 16.4 Å². The van der Waals surface area contributed by atoms with E-state index in [1.165, 1.54) is 18.4 Å². The molecule has 2 aliphatic rings. The number of piperazine rings is 1. The zero-order valence-corrected chi connectivity index (χ0v) is 23.7. The van der Waals surface area contributed by atoms with Crippen LogP contribution in [0, 0.1) is 0 Å². The number of nitrogens with two attached hydrogens (primary N) is 1. The monoisotopic (exact) mass is 570 g/mol. The van der Waals surface area contributed by atoms with Crippen LogP contribution in [-0.2, 0) is 22.6 Å². The summed E-state index contributed by atoms with van der Waals surface area (Å²) in [4.78, 5) is 21.2. The maximum absolute atomic E-state index is 9.74. The van der Waals surface area contributed by atoms with Gasteiger partial charge in [-0.25, -0.2) is 9.97 Å². The third-order valence-electron chi connectivity index (χ3n) is 6.95. The van der Waals surface area contributed by atoms with Crippen molar-refractivity contribution < 1.29 is 9.53 Å². The topological polar surface area (TPSA) is 105 Å². The molecule has 0 amide bonds. The Balaban J connectivity index is 0.000000379. The third-order valence-corrected chi connectivity index (χ3v) is 7.66. The van der Waals surface area contributed by atoms with Crippen LogP contribution in [0.5, 0.6) is 0 Å². The number of halogens is 2. The minimum Gasteiger partial charge on any atom is -0.465 e. The Morgan fingerprint density at radius 3 is 2.54 bits per heavy atom. The molecule has 1 atom stereocenters. The molecule has 8 nitrogen and oxygen atoms in total. The van der Waals surface area contributed by atoms with Gasteiger partial charge in [0.25, 0.3) is 6.47 Å². The molecular weight excluding hydrogens is 535 g/mol. The van der Waals surface area contributed by atoms with Crippen LogP contribution in [-0.4, -0.2) is 53.1 Å². The van der Waals surface area contributed by atoms with Crippen molar-refractivity contribution in [2.24, 2.45) is 0 Å². The van der Waals surface area contributed by atoms with E-state index >= 15 is 0 Å². The summed E-state index contributed by atoms with van der Waals surface area (Å²) in [5, 5.41) is 7.88. The summed E-state index contributed by atoms with van der Waals surface area (Å²) in [7, 11) is 0. The van der Waals surface area contributed by atoms with E-state index in [4.69, 9.17) is 33.7 Å². The summed E-state index contributed by atoms with van der Waals surface area (Å²) in [5.41, 5.74) is 9.86. The Morgan fingerprint density at radius 2 is 1.87 bits per heavy atom. The SMILES string of the molecule is CC1CN(Cc2ccc(-c3cnc(N)c(NCc4c(Cl)cccc4Cl)n3)cc2)CCN1.O=COC1CCCC1. The van der Waals surface area contributed by atoms with E-state index in [0.29, 0.717) is 40.7 Å². The molecule has 0 radical (unpaired) electrons. The van der Waals surface area contributed by atoms with E-state index in [-0.39, 0.29) is 6.10 Å². The highest BCUT2D eigenvalue weighted by molar-refractivity contribution is 6.36. The number of aromatic nitrogens is 2. The lowest BCUT2D eigenvalue weighted by atomic mass is 10.1. The maximum atomic E-state index is 9.74. The molecule has 1 aliphatic carbocycles. The number of nitrogen functional groups attached to an aromatic ring is 1. The van der Waals surface area contributed by atoms with Gasteiger partial charge in [-0.05, 0) is 50.3 Å². The normalized spacial score (nSPS) is 17.8. The fourth-order valence-corrected chi connectivity index (χ4v) is 5.37. The largest absolute Gasteiger partial charge is 0.465 e. The standard InChI is InChI=1S/C23H26Cl2N6.C6H10O2/c1-15-13-31(10-9-27-15)14-16-5-7-17(8-6-16)21-12-28-22(26)23(30-21)29-11-18-19(24)3-2-4-20(18)25;7-5-8-6-3-1-2-4-6/h2-8,12,15,27H,9-11,13-14H2,1H3,(H2,26,28)(H,29,30);5-6H,1-4H2. The van der Waals surface area contributed by atoms with E-state index in [2.05, 4.69) is 56.7 Å². The molecule has 3 aromatic rings. The van der Waals surface area contributed by atoms with Gasteiger partial charge in [0.15, 0.2) is 11.6 Å². The molecule has 1 aromatic heterocycles. The molecule has 1 saturated carbocycles. The van der Waals surface area contributed by atoms with E-state index in [0.717, 1.165) is 55.8 Å². The molecule has 4 N–H and O–H groups in total. The number of hydrogen-bond acceptors (Lipinski definition) is 8. The van der Waals surface area contributed by atoms with E-state index < -0.39 is 0 Å². The quantitative estimate of drug-likeness (QED) is 0.303. The molecule has 2 aromatic carbocycles. The summed E-state index contributed by atoms with van der Waals surface area (Å²) < 4.78 is 4.72. The van der Waals surface area contributed by atoms with Crippen molar-refractivity contribution >= 4 is 41.3 Å². The number of ether oxygens (including phenoxy) is 1. The van der Waals surface area contributed by atoms with Crippen LogP contribution in [0.2, 0.25) is 10.0 Å². The van der Waals surface area contributed by atoms with Gasteiger partial charge in [-0.2, -0.15) is 0 Å². The zero-order chi connectivity index (χ0) is 27.6. The summed E-state index contributed by atoms with van der Waals surface area (Å²) in [6.07, 6.45) is 6.51. The minimum atomic E-state index is 0.243. The number of nitrogens with zero attached hydrogens (tertiary/aromatic N) is 3. The molecule has 39 heavy (non-hydrogen) atoms. The first kappa shape index (κ1) is 29.1. The maximum Gasteiger partial charge on any atom is 0.293 e. The number of hydrogen-bond donors (Lipinski definition) is 3. The molecule has 5 rings (SSSR count). The molecule has 208 valence electrons. The van der Waals surface area contributed by atoms with Crippen molar-refractivity contribution in [3.63, 3.8) is 0 Å². The minimum absolute atomic E-state index is 0.243. The smallest absolute Gasteiger partial charge is 0.293 e. The number of rotatable bonds is 8. The number of carbonyl (C=O) groups is 1. The van der Waals surface area contributed by atoms with Crippen molar-refractivity contribution in [2.75, 3.05) is 30.7 Å². The molecule has 10 heteroatoms. The first-order valence-corrected chi connectivity index (χ1v) is 14.1. The van der Waals surface area contributed by atoms with Gasteiger partial charge in [-0.1, -0.05) is 53.5 Å². The molecule has 1 saturated heterocycles. The van der Waals surface area contributed by atoms with E-state index in [1.54, 1.807) is 18.3 Å². The fourth-order valence-electron chi connectivity index (χ4n) is 4.84. The molecule has 2 heterocycles. The van der Waals surface area contributed by atoms with Crippen LogP contribution >= 0.6 is 23.2 Å². The molecule has 0 bridgehead atoms. The van der Waals surface area contributed by atoms with Crippen LogP contribution in [0.4, 0.5) is 11.6 Å². The van der Waals surface area contributed by atoms with E-state index in [9.17, 15) is 4.79 Å². The van der Waals surface area contributed by atoms with Crippen molar-refractivity contribution in [3.05, 3.63) is 69.8 Å². The first-order chi connectivity index (χ1) is 18.9. The summed E-state index contributed by atoms with van der Waals surface area (Å²) in [6, 6.07) is 14.4. The Hall–Kier alpha value is -2.91. The van der Waals surface area contributed by atoms with Crippen LogP contribution in [0.1, 0.15) is 43.7 Å². The Morgan fingerprint density at radius 1 is 1.15 bits per heavy atom. The second-order valence-corrected chi connectivity index (χ2v) is 10.8. The zero-order valence-electron chi connectivity index (χ0n) is 22.2. The highest BCUT2D eigenvalue weighted by Gasteiger charge is 2.16. The van der Waals surface area contributed by atoms with Crippen molar-refractivity contribution in [3.8, 4) is 11.3 Å². The van der Waals surface area contributed by atoms with Crippen molar-refractivity contribution in [1.82, 2.24) is 20.2 Å². The molecular formula is C29H36Cl2N6O2. The Kier molecular flexibility index (Phi) is 10.8. The van der Waals surface area contributed by atoms with Gasteiger partial charge in [0.05, 0.1) is 11.9 Å². The van der Waals surface area contributed by atoms with E-state index in [1.807, 2.05) is 6.07 Å². The molecule has 1 aliphatic heterocycles. The van der Waals surface area contributed by atoms with Gasteiger partial charge < -0.3 is 21.1 Å². The number of anilines is 2. The van der Waals surface area contributed by atoms with Gasteiger partial charge in [0.2, 0.25) is 0 Å². The van der Waals surface area contributed by atoms with Gasteiger partial charge >= 0.3 is 0 Å². The Bertz CT molecular complexity index is 1200. The number of nitrogens with one attached hydrogen (secondary N) is 2. The lowest BCUT2D eigenvalue weighted by Crippen LogP contribution is -2.48. The van der Waals surface area contributed by atoms with Crippen LogP contribution in [0.25, 0.3) is 11.3 Å². The predicted octanol–water partition coefficient (Wildman–Crippen LogP) is 5.54. The Labute approximate surface area is 240 Å². The summed E-state index contributed by atoms with van der Waals surface area (Å²) >= 11 is 12.5. The highest BCUT2D eigenvalue weighted by Crippen LogP contribution is 2.27. The second kappa shape index (κ2) is 14.5. The van der Waals surface area contributed by atoms with Gasteiger partial charge in [-0.15, -0.1) is 0 Å². The lowest BCUT2D eigenvalue weighted by molar-refractivity contribution is -0.133. The summed E-state index contributed by atoms with van der Waals surface area (Å²) in [5.74, 6) is 0.837. The second-order valence-electron chi connectivity index (χ2n) is 9.97. The van der Waals surface area contributed by atoms with Gasteiger partial charge in [-0.3, -0.25) is 9.69 Å². The number of carbonyl (C=O) groups excluding carboxylic acids is 1. The average Bonchev–Trinajstić information content (AvgIpc) is 3.44. The number of benzene rings is 2. The molecule has 2 fully saturated rings. The van der Waals surface area contributed by atoms with Gasteiger partial charge in [0.1, 0.15) is 6.10 Å². The first-order valence-electron chi connectivity index (χ1n) is 13.4. The van der Waals surface area contributed by atoms with Crippen molar-refractivity contribution in [1.29, 1.82) is 0 Å². The third kappa shape index (κ3) is 8.54. The molecule has 0 spiro atoms. The highest BCUT2D eigenvalue weighted by atomic mass is 35.5. The lowest BCUT2D eigenvalue weighted by Gasteiger charge is -2.31. The average molecular weight is 572 g/mol.